The minimum atomic E-state index is 0.0172. The van der Waals surface area contributed by atoms with E-state index in [0.29, 0.717) is 22.1 Å². The number of hydrogen-bond donors (Lipinski definition) is 2. The van der Waals surface area contributed by atoms with Gasteiger partial charge in [-0.25, -0.2) is 0 Å². The zero-order valence-corrected chi connectivity index (χ0v) is 13.0. The van der Waals surface area contributed by atoms with Crippen LogP contribution in [-0.4, -0.2) is 16.8 Å². The Morgan fingerprint density at radius 1 is 1.33 bits per heavy atom. The van der Waals surface area contributed by atoms with Gasteiger partial charge in [0.2, 0.25) is 0 Å². The first-order chi connectivity index (χ1) is 10.2. The van der Waals surface area contributed by atoms with Gasteiger partial charge in [0.1, 0.15) is 11.5 Å². The maximum atomic E-state index is 8.99. The predicted octanol–water partition coefficient (Wildman–Crippen LogP) is 4.34. The second kappa shape index (κ2) is 7.24. The number of rotatable bonds is 5. The molecule has 0 aliphatic carbocycles. The van der Waals surface area contributed by atoms with E-state index in [9.17, 15) is 0 Å². The van der Waals surface area contributed by atoms with Crippen molar-refractivity contribution in [1.29, 1.82) is 0 Å². The van der Waals surface area contributed by atoms with Crippen molar-refractivity contribution in [1.82, 2.24) is 0 Å². The van der Waals surface area contributed by atoms with Crippen LogP contribution in [-0.2, 0) is 0 Å². The molecule has 0 spiro atoms. The van der Waals surface area contributed by atoms with E-state index in [1.807, 2.05) is 19.1 Å². The van der Waals surface area contributed by atoms with Crippen molar-refractivity contribution < 1.29 is 9.94 Å². The molecule has 0 amide bonds. The molecular weight excluding hydrogens is 308 g/mol. The third kappa shape index (κ3) is 3.83. The number of thioether (sulfide) groups is 1. The maximum Gasteiger partial charge on any atom is 0.175 e. The Balaban J connectivity index is 2.45. The van der Waals surface area contributed by atoms with Crippen molar-refractivity contribution in [2.24, 2.45) is 10.9 Å². The van der Waals surface area contributed by atoms with Crippen molar-refractivity contribution in [3.8, 4) is 11.5 Å². The molecule has 0 aliphatic rings. The maximum absolute atomic E-state index is 8.99. The molecule has 0 saturated carbocycles. The molecule has 0 bridgehead atoms. The summed E-state index contributed by atoms with van der Waals surface area (Å²) in [6, 6.07) is 12.6. The van der Waals surface area contributed by atoms with Crippen LogP contribution in [0.2, 0.25) is 5.02 Å². The van der Waals surface area contributed by atoms with Crippen LogP contribution in [0.1, 0.15) is 12.5 Å². The van der Waals surface area contributed by atoms with Gasteiger partial charge in [-0.2, -0.15) is 0 Å². The van der Waals surface area contributed by atoms with E-state index in [-0.39, 0.29) is 5.84 Å². The van der Waals surface area contributed by atoms with Gasteiger partial charge < -0.3 is 15.7 Å². The lowest BCUT2D eigenvalue weighted by molar-refractivity contribution is 0.318. The Morgan fingerprint density at radius 2 is 2.10 bits per heavy atom. The molecule has 0 fully saturated rings. The number of oxime groups is 1. The first-order valence-electron chi connectivity index (χ1n) is 6.32. The standard InChI is InChI=1S/C15H15ClN2O2S/c1-2-21-13-8-4-7-12(14(13)15(17)18-19)20-11-6-3-5-10(16)9-11/h3-9,19H,2H2,1H3,(H2,17,18). The van der Waals surface area contributed by atoms with Gasteiger partial charge in [-0.3, -0.25) is 0 Å². The molecule has 3 N–H and O–H groups in total. The van der Waals surface area contributed by atoms with Crippen molar-refractivity contribution in [2.45, 2.75) is 11.8 Å². The van der Waals surface area contributed by atoms with Crippen LogP contribution >= 0.6 is 23.4 Å². The van der Waals surface area contributed by atoms with E-state index in [1.165, 1.54) is 0 Å². The lowest BCUT2D eigenvalue weighted by Gasteiger charge is -2.14. The third-order valence-corrected chi connectivity index (χ3v) is 3.85. The van der Waals surface area contributed by atoms with E-state index >= 15 is 0 Å². The molecule has 2 aromatic carbocycles. The summed E-state index contributed by atoms with van der Waals surface area (Å²) in [5.41, 5.74) is 6.37. The minimum absolute atomic E-state index is 0.0172. The van der Waals surface area contributed by atoms with Crippen molar-refractivity contribution in [2.75, 3.05) is 5.75 Å². The summed E-state index contributed by atoms with van der Waals surface area (Å²) < 4.78 is 5.83. The molecule has 110 valence electrons. The molecular formula is C15H15ClN2O2S. The summed E-state index contributed by atoms with van der Waals surface area (Å²) in [5.74, 6) is 1.99. The van der Waals surface area contributed by atoms with E-state index in [4.69, 9.17) is 27.3 Å². The van der Waals surface area contributed by atoms with Crippen molar-refractivity contribution in [3.63, 3.8) is 0 Å². The largest absolute Gasteiger partial charge is 0.457 e. The summed E-state index contributed by atoms with van der Waals surface area (Å²) >= 11 is 7.54. The quantitative estimate of drug-likeness (QED) is 0.282. The Kier molecular flexibility index (Phi) is 5.36. The topological polar surface area (TPSA) is 67.8 Å². The number of nitrogens with two attached hydrogens (primary N) is 1. The van der Waals surface area contributed by atoms with Gasteiger partial charge in [0, 0.05) is 9.92 Å². The Morgan fingerprint density at radius 3 is 2.76 bits per heavy atom. The van der Waals surface area contributed by atoms with Crippen molar-refractivity contribution >= 4 is 29.2 Å². The SMILES string of the molecule is CCSc1cccc(Oc2cccc(Cl)c2)c1/C(N)=N/O. The van der Waals surface area contributed by atoms with Gasteiger partial charge in [-0.15, -0.1) is 11.8 Å². The zero-order chi connectivity index (χ0) is 15.2. The molecule has 0 aromatic heterocycles. The number of ether oxygens (including phenoxy) is 1. The molecule has 0 heterocycles. The summed E-state index contributed by atoms with van der Waals surface area (Å²) in [5, 5.41) is 12.7. The third-order valence-electron chi connectivity index (χ3n) is 2.68. The number of amidine groups is 1. The molecule has 2 rings (SSSR count). The minimum Gasteiger partial charge on any atom is -0.457 e. The fraction of sp³-hybridized carbons (Fsp3) is 0.133. The summed E-state index contributed by atoms with van der Waals surface area (Å²) in [4.78, 5) is 0.896. The fourth-order valence-corrected chi connectivity index (χ4v) is 2.85. The molecule has 0 unspecified atom stereocenters. The van der Waals surface area contributed by atoms with Crippen LogP contribution in [0.15, 0.2) is 52.5 Å². The van der Waals surface area contributed by atoms with E-state index in [2.05, 4.69) is 5.16 Å². The Labute approximate surface area is 132 Å². The smallest absolute Gasteiger partial charge is 0.175 e. The van der Waals surface area contributed by atoms with Crippen LogP contribution < -0.4 is 10.5 Å². The Bertz CT molecular complexity index is 662. The highest BCUT2D eigenvalue weighted by Crippen LogP contribution is 2.33. The van der Waals surface area contributed by atoms with Crippen LogP contribution in [0.3, 0.4) is 0 Å². The van der Waals surface area contributed by atoms with Crippen molar-refractivity contribution in [3.05, 3.63) is 53.1 Å². The van der Waals surface area contributed by atoms with Crippen LogP contribution in [0.4, 0.5) is 0 Å². The molecule has 2 aromatic rings. The van der Waals surface area contributed by atoms with Gasteiger partial charge in [0.05, 0.1) is 5.56 Å². The summed E-state index contributed by atoms with van der Waals surface area (Å²) in [6.07, 6.45) is 0. The summed E-state index contributed by atoms with van der Waals surface area (Å²) in [6.45, 7) is 2.03. The molecule has 21 heavy (non-hydrogen) atoms. The first kappa shape index (κ1) is 15.5. The van der Waals surface area contributed by atoms with E-state index in [1.54, 1.807) is 42.1 Å². The van der Waals surface area contributed by atoms with Gasteiger partial charge >= 0.3 is 0 Å². The highest BCUT2D eigenvalue weighted by atomic mass is 35.5. The predicted molar refractivity (Wildman–Crippen MR) is 86.9 cm³/mol. The zero-order valence-electron chi connectivity index (χ0n) is 11.4. The van der Waals surface area contributed by atoms with E-state index < -0.39 is 0 Å². The highest BCUT2D eigenvalue weighted by Gasteiger charge is 2.15. The lowest BCUT2D eigenvalue weighted by atomic mass is 10.2. The average Bonchev–Trinajstić information content (AvgIpc) is 2.47. The lowest BCUT2D eigenvalue weighted by Crippen LogP contribution is -2.15. The molecule has 4 nitrogen and oxygen atoms in total. The average molecular weight is 323 g/mol. The number of halogens is 1. The Hall–Kier alpha value is -1.85. The number of benzene rings is 2. The van der Waals surface area contributed by atoms with Gasteiger partial charge in [-0.05, 0) is 36.1 Å². The number of hydrogen-bond acceptors (Lipinski definition) is 4. The fourth-order valence-electron chi connectivity index (χ4n) is 1.83. The molecule has 6 heteroatoms. The van der Waals surface area contributed by atoms with Crippen LogP contribution in [0.25, 0.3) is 0 Å². The molecule has 0 saturated heterocycles. The normalized spacial score (nSPS) is 11.4. The monoisotopic (exact) mass is 322 g/mol. The van der Waals surface area contributed by atoms with E-state index in [0.717, 1.165) is 10.6 Å². The number of nitrogens with zero attached hydrogens (tertiary/aromatic N) is 1. The second-order valence-corrected chi connectivity index (χ2v) is 5.85. The van der Waals surface area contributed by atoms with Crippen LogP contribution in [0.5, 0.6) is 11.5 Å². The molecule has 0 aliphatic heterocycles. The summed E-state index contributed by atoms with van der Waals surface area (Å²) in [7, 11) is 0. The highest BCUT2D eigenvalue weighted by molar-refractivity contribution is 7.99. The molecule has 0 radical (unpaired) electrons. The van der Waals surface area contributed by atoms with Gasteiger partial charge in [0.15, 0.2) is 5.84 Å². The van der Waals surface area contributed by atoms with Gasteiger partial charge in [0.25, 0.3) is 0 Å². The van der Waals surface area contributed by atoms with Gasteiger partial charge in [-0.1, -0.05) is 35.8 Å². The molecule has 0 atom stereocenters. The van der Waals surface area contributed by atoms with Crippen LogP contribution in [0, 0.1) is 0 Å². The second-order valence-electron chi connectivity index (χ2n) is 4.11. The first-order valence-corrected chi connectivity index (χ1v) is 7.69.